The number of nitrogens with zero attached hydrogens (tertiary/aromatic N) is 5. The van der Waals surface area contributed by atoms with Crippen LogP contribution in [0.25, 0.3) is 16.6 Å². The molecule has 31 heavy (non-hydrogen) atoms. The lowest BCUT2D eigenvalue weighted by Gasteiger charge is -2.28. The smallest absolute Gasteiger partial charge is 0.258 e. The Bertz CT molecular complexity index is 1250. The van der Waals surface area contributed by atoms with Crippen LogP contribution in [0.15, 0.2) is 64.5 Å². The molecule has 0 amide bonds. The summed E-state index contributed by atoms with van der Waals surface area (Å²) in [5.74, 6) is 1.41. The summed E-state index contributed by atoms with van der Waals surface area (Å²) in [6.07, 6.45) is 0. The van der Waals surface area contributed by atoms with Crippen molar-refractivity contribution < 1.29 is 4.74 Å². The number of thioether (sulfide) groups is 1. The molecule has 158 valence electrons. The summed E-state index contributed by atoms with van der Waals surface area (Å²) in [5.41, 5.74) is 1.54. The molecule has 9 heteroatoms. The number of nitrogens with one attached hydrogen (secondary N) is 1. The van der Waals surface area contributed by atoms with Crippen molar-refractivity contribution >= 4 is 28.6 Å². The van der Waals surface area contributed by atoms with Gasteiger partial charge in [-0.15, -0.1) is 10.2 Å². The molecular formula is C22H22N6O2S. The SMILES string of the molecule is CC(Sc1nnc(N2CCOCC2)n1-c1ccccc1)c1nc2ccccc2c(=O)[nH]1. The molecule has 0 spiro atoms. The molecule has 3 heterocycles. The molecule has 2 aromatic carbocycles. The van der Waals surface area contributed by atoms with E-state index in [2.05, 4.69) is 29.6 Å². The van der Waals surface area contributed by atoms with Gasteiger partial charge in [-0.2, -0.15) is 0 Å². The maximum Gasteiger partial charge on any atom is 0.258 e. The van der Waals surface area contributed by atoms with Gasteiger partial charge in [0.1, 0.15) is 5.82 Å². The average molecular weight is 435 g/mol. The molecule has 1 N–H and O–H groups in total. The van der Waals surface area contributed by atoms with Gasteiger partial charge < -0.3 is 14.6 Å². The zero-order valence-corrected chi connectivity index (χ0v) is 17.9. The van der Waals surface area contributed by atoms with Crippen molar-refractivity contribution in [3.05, 3.63) is 70.8 Å². The van der Waals surface area contributed by atoms with Crippen LogP contribution in [-0.4, -0.2) is 51.0 Å². The number of anilines is 1. The number of H-pyrrole nitrogens is 1. The molecule has 1 atom stereocenters. The van der Waals surface area contributed by atoms with Crippen molar-refractivity contribution in [2.75, 3.05) is 31.2 Å². The van der Waals surface area contributed by atoms with E-state index in [9.17, 15) is 4.79 Å². The Kier molecular flexibility index (Phi) is 5.44. The van der Waals surface area contributed by atoms with Gasteiger partial charge in [-0.3, -0.25) is 9.36 Å². The van der Waals surface area contributed by atoms with E-state index >= 15 is 0 Å². The highest BCUT2D eigenvalue weighted by Crippen LogP contribution is 2.35. The highest BCUT2D eigenvalue weighted by atomic mass is 32.2. The first-order valence-corrected chi connectivity index (χ1v) is 11.1. The fraction of sp³-hybridized carbons (Fsp3) is 0.273. The molecule has 1 unspecified atom stereocenters. The monoisotopic (exact) mass is 434 g/mol. The summed E-state index contributed by atoms with van der Waals surface area (Å²) in [5, 5.41) is 10.2. The number of fused-ring (bicyclic) bond motifs is 1. The Morgan fingerprint density at radius 3 is 2.58 bits per heavy atom. The first kappa shape index (κ1) is 19.8. The van der Waals surface area contributed by atoms with Crippen LogP contribution >= 0.6 is 11.8 Å². The summed E-state index contributed by atoms with van der Waals surface area (Å²) >= 11 is 1.52. The molecule has 0 saturated carbocycles. The van der Waals surface area contributed by atoms with Gasteiger partial charge in [-0.1, -0.05) is 42.1 Å². The van der Waals surface area contributed by atoms with Gasteiger partial charge in [-0.05, 0) is 31.2 Å². The summed E-state index contributed by atoms with van der Waals surface area (Å²) < 4.78 is 7.56. The van der Waals surface area contributed by atoms with Crippen LogP contribution in [0.1, 0.15) is 18.0 Å². The number of aromatic nitrogens is 5. The molecule has 0 aliphatic carbocycles. The van der Waals surface area contributed by atoms with E-state index in [0.29, 0.717) is 29.9 Å². The number of aromatic amines is 1. The number of morpholine rings is 1. The van der Waals surface area contributed by atoms with Crippen LogP contribution in [0.2, 0.25) is 0 Å². The first-order chi connectivity index (χ1) is 15.2. The molecule has 5 rings (SSSR count). The van der Waals surface area contributed by atoms with E-state index in [1.807, 2.05) is 55.5 Å². The lowest BCUT2D eigenvalue weighted by molar-refractivity contribution is 0.122. The third-order valence-electron chi connectivity index (χ3n) is 5.22. The van der Waals surface area contributed by atoms with Gasteiger partial charge in [0.25, 0.3) is 5.56 Å². The highest BCUT2D eigenvalue weighted by molar-refractivity contribution is 7.99. The molecule has 1 aliphatic rings. The Hall–Kier alpha value is -3.17. The van der Waals surface area contributed by atoms with E-state index in [4.69, 9.17) is 4.74 Å². The Balaban J connectivity index is 1.51. The van der Waals surface area contributed by atoms with E-state index in [-0.39, 0.29) is 10.8 Å². The molecule has 4 aromatic rings. The normalized spacial score (nSPS) is 15.3. The van der Waals surface area contributed by atoms with Gasteiger partial charge >= 0.3 is 0 Å². The molecule has 2 aromatic heterocycles. The number of hydrogen-bond donors (Lipinski definition) is 1. The lowest BCUT2D eigenvalue weighted by atomic mass is 10.2. The van der Waals surface area contributed by atoms with Crippen molar-refractivity contribution in [3.8, 4) is 5.69 Å². The van der Waals surface area contributed by atoms with Crippen molar-refractivity contribution in [1.82, 2.24) is 24.7 Å². The maximum absolute atomic E-state index is 12.5. The van der Waals surface area contributed by atoms with Crippen LogP contribution in [0.3, 0.4) is 0 Å². The van der Waals surface area contributed by atoms with E-state index in [1.54, 1.807) is 6.07 Å². The summed E-state index contributed by atoms with van der Waals surface area (Å²) in [7, 11) is 0. The second-order valence-corrected chi connectivity index (χ2v) is 8.59. The minimum Gasteiger partial charge on any atom is -0.378 e. The Morgan fingerprint density at radius 2 is 1.77 bits per heavy atom. The fourth-order valence-electron chi connectivity index (χ4n) is 3.62. The summed E-state index contributed by atoms with van der Waals surface area (Å²) in [6.45, 7) is 4.89. The summed E-state index contributed by atoms with van der Waals surface area (Å²) in [4.78, 5) is 22.3. The van der Waals surface area contributed by atoms with Crippen molar-refractivity contribution in [2.24, 2.45) is 0 Å². The van der Waals surface area contributed by atoms with Crippen molar-refractivity contribution in [1.29, 1.82) is 0 Å². The van der Waals surface area contributed by atoms with Crippen LogP contribution in [0.5, 0.6) is 0 Å². The molecule has 0 bridgehead atoms. The average Bonchev–Trinajstić information content (AvgIpc) is 3.23. The Labute approximate surface area is 183 Å². The molecular weight excluding hydrogens is 412 g/mol. The van der Waals surface area contributed by atoms with Gasteiger partial charge in [0.05, 0.1) is 35.1 Å². The van der Waals surface area contributed by atoms with Crippen LogP contribution in [-0.2, 0) is 4.74 Å². The minimum atomic E-state index is -0.133. The predicted octanol–water partition coefficient (Wildman–Crippen LogP) is 3.19. The van der Waals surface area contributed by atoms with Gasteiger partial charge in [-0.25, -0.2) is 4.98 Å². The van der Waals surface area contributed by atoms with E-state index in [1.165, 1.54) is 11.8 Å². The van der Waals surface area contributed by atoms with Crippen molar-refractivity contribution in [2.45, 2.75) is 17.3 Å². The number of benzene rings is 2. The van der Waals surface area contributed by atoms with Crippen LogP contribution in [0, 0.1) is 0 Å². The highest BCUT2D eigenvalue weighted by Gasteiger charge is 2.24. The van der Waals surface area contributed by atoms with Crippen LogP contribution < -0.4 is 10.5 Å². The standard InChI is InChI=1S/C22H22N6O2S/c1-15(19-23-18-10-6-5-9-17(18)20(29)24-19)31-22-26-25-21(27-11-13-30-14-12-27)28(22)16-7-3-2-4-8-16/h2-10,15H,11-14H2,1H3,(H,23,24,29). The topological polar surface area (TPSA) is 88.9 Å². The Morgan fingerprint density at radius 1 is 1.03 bits per heavy atom. The number of ether oxygens (including phenoxy) is 1. The molecule has 0 radical (unpaired) electrons. The molecule has 1 saturated heterocycles. The van der Waals surface area contributed by atoms with Crippen molar-refractivity contribution in [3.63, 3.8) is 0 Å². The number of rotatable bonds is 5. The lowest BCUT2D eigenvalue weighted by Crippen LogP contribution is -2.37. The number of para-hydroxylation sites is 2. The van der Waals surface area contributed by atoms with Gasteiger partial charge in [0, 0.05) is 13.1 Å². The van der Waals surface area contributed by atoms with E-state index in [0.717, 1.165) is 29.9 Å². The second-order valence-electron chi connectivity index (χ2n) is 7.28. The second kappa shape index (κ2) is 8.52. The van der Waals surface area contributed by atoms with Crippen LogP contribution in [0.4, 0.5) is 5.95 Å². The largest absolute Gasteiger partial charge is 0.378 e. The molecule has 1 fully saturated rings. The first-order valence-electron chi connectivity index (χ1n) is 10.2. The molecule has 1 aliphatic heterocycles. The summed E-state index contributed by atoms with van der Waals surface area (Å²) in [6, 6.07) is 17.4. The van der Waals surface area contributed by atoms with Gasteiger partial charge in [0.2, 0.25) is 5.95 Å². The predicted molar refractivity (Wildman–Crippen MR) is 121 cm³/mol. The third-order valence-corrected chi connectivity index (χ3v) is 6.27. The maximum atomic E-state index is 12.5. The fourth-order valence-corrected chi connectivity index (χ4v) is 4.54. The number of hydrogen-bond acceptors (Lipinski definition) is 7. The van der Waals surface area contributed by atoms with E-state index < -0.39 is 0 Å². The third kappa shape index (κ3) is 3.94. The minimum absolute atomic E-state index is 0.124. The zero-order valence-electron chi connectivity index (χ0n) is 17.1. The zero-order chi connectivity index (χ0) is 21.2. The quantitative estimate of drug-likeness (QED) is 0.483. The molecule has 8 nitrogen and oxygen atoms in total. The van der Waals surface area contributed by atoms with Gasteiger partial charge in [0.15, 0.2) is 5.16 Å².